The molecule has 0 aromatic heterocycles. The Balaban J connectivity index is 1.96. The molecule has 1 saturated heterocycles. The number of Topliss-reactive ketones (excluding diaryl/α,β-unsaturated/α-hetero) is 1. The average Bonchev–Trinajstić information content (AvgIpc) is 2.59. The fraction of sp³-hybridized carbons (Fsp3) is 0.438. The van der Waals surface area contributed by atoms with E-state index in [9.17, 15) is 18.8 Å². The number of ketones is 1. The van der Waals surface area contributed by atoms with Crippen molar-refractivity contribution in [3.05, 3.63) is 29.6 Å². The van der Waals surface area contributed by atoms with Crippen LogP contribution in [0.1, 0.15) is 23.2 Å². The fourth-order valence-corrected chi connectivity index (χ4v) is 2.46. The van der Waals surface area contributed by atoms with Crippen LogP contribution in [-0.4, -0.2) is 60.6 Å². The van der Waals surface area contributed by atoms with Crippen molar-refractivity contribution in [1.29, 1.82) is 0 Å². The molecule has 0 saturated carbocycles. The third-order valence-corrected chi connectivity index (χ3v) is 3.77. The van der Waals surface area contributed by atoms with E-state index >= 15 is 0 Å². The third kappa shape index (κ3) is 4.08. The number of aliphatic carboxylic acids is 1. The maximum absolute atomic E-state index is 13.6. The Hall–Kier alpha value is -2.48. The van der Waals surface area contributed by atoms with E-state index in [1.165, 1.54) is 24.1 Å². The van der Waals surface area contributed by atoms with E-state index in [-0.39, 0.29) is 43.9 Å². The molecular weight excluding hydrogens is 321 g/mol. The number of carboxylic acids is 1. The topological polar surface area (TPSA) is 93.1 Å². The van der Waals surface area contributed by atoms with E-state index in [4.69, 9.17) is 14.6 Å². The van der Waals surface area contributed by atoms with Gasteiger partial charge in [-0.3, -0.25) is 9.59 Å². The number of ether oxygens (including phenoxy) is 2. The monoisotopic (exact) mass is 339 g/mol. The van der Waals surface area contributed by atoms with Gasteiger partial charge in [0.05, 0.1) is 20.3 Å². The Morgan fingerprint density at radius 2 is 2.12 bits per heavy atom. The molecule has 1 atom stereocenters. The molecule has 1 aromatic carbocycles. The zero-order chi connectivity index (χ0) is 17.7. The number of nitrogens with zero attached hydrogens (tertiary/aromatic N) is 1. The Bertz CT molecular complexity index is 647. The van der Waals surface area contributed by atoms with Crippen LogP contribution in [0.4, 0.5) is 4.39 Å². The molecule has 1 fully saturated rings. The Morgan fingerprint density at radius 3 is 2.75 bits per heavy atom. The van der Waals surface area contributed by atoms with E-state index in [0.717, 1.165) is 6.07 Å². The normalized spacial score (nSPS) is 17.4. The maximum Gasteiger partial charge on any atom is 0.328 e. The first kappa shape index (κ1) is 17.9. The van der Waals surface area contributed by atoms with Gasteiger partial charge in [-0.15, -0.1) is 0 Å². The average molecular weight is 339 g/mol. The van der Waals surface area contributed by atoms with Crippen molar-refractivity contribution >= 4 is 17.7 Å². The first-order valence-corrected chi connectivity index (χ1v) is 7.40. The van der Waals surface area contributed by atoms with Gasteiger partial charge in [0, 0.05) is 24.9 Å². The molecule has 8 heteroatoms. The van der Waals surface area contributed by atoms with Crippen LogP contribution in [-0.2, 0) is 14.3 Å². The van der Waals surface area contributed by atoms with Gasteiger partial charge >= 0.3 is 5.97 Å². The van der Waals surface area contributed by atoms with Gasteiger partial charge in [0.1, 0.15) is 0 Å². The summed E-state index contributed by atoms with van der Waals surface area (Å²) in [6.07, 6.45) is -0.273. The number of halogens is 1. The summed E-state index contributed by atoms with van der Waals surface area (Å²) in [5, 5.41) is 9.10. The molecule has 130 valence electrons. The van der Waals surface area contributed by atoms with Crippen LogP contribution in [0.5, 0.6) is 5.75 Å². The van der Waals surface area contributed by atoms with Crippen molar-refractivity contribution in [3.8, 4) is 5.75 Å². The van der Waals surface area contributed by atoms with Gasteiger partial charge in [-0.2, -0.15) is 0 Å². The summed E-state index contributed by atoms with van der Waals surface area (Å²) in [4.78, 5) is 36.6. The third-order valence-electron chi connectivity index (χ3n) is 3.77. The summed E-state index contributed by atoms with van der Waals surface area (Å²) in [5.74, 6) is -2.61. The number of hydrogen-bond donors (Lipinski definition) is 1. The molecule has 1 aliphatic heterocycles. The molecule has 7 nitrogen and oxygen atoms in total. The van der Waals surface area contributed by atoms with Crippen LogP contribution in [0.15, 0.2) is 18.2 Å². The van der Waals surface area contributed by atoms with Crippen molar-refractivity contribution in [1.82, 2.24) is 4.90 Å². The molecular formula is C16H18FNO6. The Kier molecular flexibility index (Phi) is 5.86. The summed E-state index contributed by atoms with van der Waals surface area (Å²) in [7, 11) is 1.32. The largest absolute Gasteiger partial charge is 0.494 e. The second kappa shape index (κ2) is 7.87. The zero-order valence-corrected chi connectivity index (χ0v) is 13.2. The van der Waals surface area contributed by atoms with E-state index in [2.05, 4.69) is 0 Å². The fourth-order valence-electron chi connectivity index (χ4n) is 2.46. The summed E-state index contributed by atoms with van der Waals surface area (Å²) in [5.41, 5.74) is 0.137. The minimum absolute atomic E-state index is 0.0280. The molecule has 0 bridgehead atoms. The number of carbonyl (C=O) groups is 3. The van der Waals surface area contributed by atoms with Crippen LogP contribution in [0.2, 0.25) is 0 Å². The first-order chi connectivity index (χ1) is 11.4. The lowest BCUT2D eigenvalue weighted by Crippen LogP contribution is -2.52. The number of carbonyl (C=O) groups excluding carboxylic acids is 2. The molecule has 1 amide bonds. The number of benzene rings is 1. The van der Waals surface area contributed by atoms with Gasteiger partial charge < -0.3 is 19.5 Å². The Morgan fingerprint density at radius 1 is 1.38 bits per heavy atom. The molecule has 0 spiro atoms. The van der Waals surface area contributed by atoms with E-state index in [1.54, 1.807) is 0 Å². The quantitative estimate of drug-likeness (QED) is 0.781. The molecule has 2 rings (SSSR count). The van der Waals surface area contributed by atoms with E-state index < -0.39 is 29.5 Å². The molecule has 0 radical (unpaired) electrons. The van der Waals surface area contributed by atoms with Crippen LogP contribution >= 0.6 is 0 Å². The lowest BCUT2D eigenvalue weighted by atomic mass is 10.1. The molecule has 1 heterocycles. The number of carboxylic acid groups (broad SMARTS) is 1. The molecule has 0 aliphatic carbocycles. The highest BCUT2D eigenvalue weighted by Gasteiger charge is 2.32. The second-order valence-electron chi connectivity index (χ2n) is 5.29. The van der Waals surface area contributed by atoms with Gasteiger partial charge in [0.2, 0.25) is 5.91 Å². The summed E-state index contributed by atoms with van der Waals surface area (Å²) < 4.78 is 23.4. The molecule has 1 aliphatic rings. The number of rotatable bonds is 6. The summed E-state index contributed by atoms with van der Waals surface area (Å²) in [6.45, 7) is 0.354. The van der Waals surface area contributed by atoms with Gasteiger partial charge in [-0.25, -0.2) is 9.18 Å². The number of methoxy groups -OCH3 is 1. The van der Waals surface area contributed by atoms with Crippen LogP contribution in [0.25, 0.3) is 0 Å². The van der Waals surface area contributed by atoms with Crippen molar-refractivity contribution in [3.63, 3.8) is 0 Å². The van der Waals surface area contributed by atoms with E-state index in [1.807, 2.05) is 0 Å². The minimum atomic E-state index is -1.15. The Labute approximate surface area is 138 Å². The van der Waals surface area contributed by atoms with Gasteiger partial charge in [0.25, 0.3) is 0 Å². The van der Waals surface area contributed by atoms with Gasteiger partial charge in [0.15, 0.2) is 23.4 Å². The van der Waals surface area contributed by atoms with Crippen LogP contribution in [0, 0.1) is 5.82 Å². The van der Waals surface area contributed by atoms with E-state index in [0.29, 0.717) is 0 Å². The number of morpholine rings is 1. The van der Waals surface area contributed by atoms with Gasteiger partial charge in [-0.1, -0.05) is 0 Å². The summed E-state index contributed by atoms with van der Waals surface area (Å²) >= 11 is 0. The molecule has 24 heavy (non-hydrogen) atoms. The molecule has 1 N–H and O–H groups in total. The molecule has 1 aromatic rings. The zero-order valence-electron chi connectivity index (χ0n) is 13.2. The SMILES string of the molecule is COc1ccc(C(=O)CCC(=O)N2CCOCC2C(=O)O)cc1F. The molecule has 1 unspecified atom stereocenters. The highest BCUT2D eigenvalue weighted by molar-refractivity contribution is 5.98. The smallest absolute Gasteiger partial charge is 0.328 e. The summed E-state index contributed by atoms with van der Waals surface area (Å²) in [6, 6.07) is 2.77. The lowest BCUT2D eigenvalue weighted by molar-refractivity contribution is -0.158. The highest BCUT2D eigenvalue weighted by Crippen LogP contribution is 2.19. The number of amides is 1. The van der Waals surface area contributed by atoms with Crippen molar-refractivity contribution in [2.45, 2.75) is 18.9 Å². The predicted octanol–water partition coefficient (Wildman–Crippen LogP) is 1.11. The predicted molar refractivity (Wildman–Crippen MR) is 80.5 cm³/mol. The van der Waals surface area contributed by atoms with Crippen molar-refractivity contribution in [2.24, 2.45) is 0 Å². The van der Waals surface area contributed by atoms with Crippen LogP contribution < -0.4 is 4.74 Å². The van der Waals surface area contributed by atoms with Gasteiger partial charge in [-0.05, 0) is 18.2 Å². The van der Waals surface area contributed by atoms with Crippen molar-refractivity contribution in [2.75, 3.05) is 26.9 Å². The highest BCUT2D eigenvalue weighted by atomic mass is 19.1. The lowest BCUT2D eigenvalue weighted by Gasteiger charge is -2.32. The second-order valence-corrected chi connectivity index (χ2v) is 5.29. The first-order valence-electron chi connectivity index (χ1n) is 7.40. The van der Waals surface area contributed by atoms with Crippen molar-refractivity contribution < 1.29 is 33.4 Å². The minimum Gasteiger partial charge on any atom is -0.494 e. The van der Waals surface area contributed by atoms with Crippen LogP contribution in [0.3, 0.4) is 0 Å². The maximum atomic E-state index is 13.6. The number of hydrogen-bond acceptors (Lipinski definition) is 5. The standard InChI is InChI=1S/C16H18FNO6/c1-23-14-4-2-10(8-11(14)17)13(19)3-5-15(20)18-6-7-24-9-12(18)16(21)22/h2,4,8,12H,3,5-7,9H2,1H3,(H,21,22).